The molecule has 40 heavy (non-hydrogen) atoms. The fourth-order valence-corrected chi connectivity index (χ4v) is 5.45. The standard InChI is InChI=1S/C23H17F4N5O6S2/c1-36-18-10-29-16(9-30-18)20(33)31-11-2-3-17-13(6-11)22(4-5-39-21(28)32-22)14-7-12(8-15(24)19(14)37-17)38-40(34,35)23(25,26)27/h2-3,6-10H,4-5H2,1H3,(H2,28,32)(H,31,33). The number of amidine groups is 1. The summed E-state index contributed by atoms with van der Waals surface area (Å²) in [5, 5.41) is 2.73. The summed E-state index contributed by atoms with van der Waals surface area (Å²) in [7, 11) is -4.71. The number of aliphatic imine (C=N–C) groups is 1. The first-order valence-electron chi connectivity index (χ1n) is 11.2. The summed E-state index contributed by atoms with van der Waals surface area (Å²) < 4.78 is 92.1. The van der Waals surface area contributed by atoms with Crippen molar-refractivity contribution in [2.45, 2.75) is 17.5 Å². The molecule has 1 atom stereocenters. The predicted molar refractivity (Wildman–Crippen MR) is 135 cm³/mol. The molecule has 1 unspecified atom stereocenters. The van der Waals surface area contributed by atoms with Crippen LogP contribution in [-0.4, -0.2) is 47.8 Å². The molecule has 210 valence electrons. The Morgan fingerprint density at radius 1 is 1.18 bits per heavy atom. The van der Waals surface area contributed by atoms with Crippen molar-refractivity contribution in [3.05, 3.63) is 65.4 Å². The molecule has 0 aliphatic carbocycles. The van der Waals surface area contributed by atoms with Crippen molar-refractivity contribution >= 4 is 38.6 Å². The Balaban J connectivity index is 1.59. The maximum atomic E-state index is 15.2. The van der Waals surface area contributed by atoms with E-state index in [9.17, 15) is 26.4 Å². The van der Waals surface area contributed by atoms with Crippen molar-refractivity contribution in [3.63, 3.8) is 0 Å². The van der Waals surface area contributed by atoms with Crippen molar-refractivity contribution in [1.82, 2.24) is 9.97 Å². The molecular weight excluding hydrogens is 582 g/mol. The molecule has 17 heteroatoms. The van der Waals surface area contributed by atoms with Crippen molar-refractivity contribution in [2.24, 2.45) is 10.7 Å². The first kappa shape index (κ1) is 27.4. The van der Waals surface area contributed by atoms with Crippen LogP contribution in [-0.2, 0) is 15.7 Å². The molecule has 1 amide bonds. The molecule has 2 aliphatic rings. The quantitative estimate of drug-likeness (QED) is 0.251. The van der Waals surface area contributed by atoms with Crippen LogP contribution in [0.25, 0.3) is 0 Å². The molecule has 1 aromatic heterocycles. The molecule has 0 fully saturated rings. The number of thioether (sulfide) groups is 1. The SMILES string of the molecule is COc1cnc(C(=O)Nc2ccc3c(c2)C2(CCSC(N)=N2)c2cc(OS(=O)(=O)C(F)(F)F)cc(F)c2O3)cn1. The van der Waals surface area contributed by atoms with Crippen molar-refractivity contribution in [1.29, 1.82) is 0 Å². The number of carbonyl (C=O) groups excluding carboxylic acids is 1. The number of amides is 1. The van der Waals surface area contributed by atoms with E-state index < -0.39 is 44.4 Å². The molecule has 3 heterocycles. The van der Waals surface area contributed by atoms with E-state index in [-0.39, 0.29) is 45.7 Å². The third-order valence-corrected chi connectivity index (χ3v) is 7.71. The van der Waals surface area contributed by atoms with Gasteiger partial charge < -0.3 is 24.7 Å². The zero-order valence-corrected chi connectivity index (χ0v) is 21.8. The number of alkyl halides is 3. The van der Waals surface area contributed by atoms with Crippen LogP contribution in [0.3, 0.4) is 0 Å². The van der Waals surface area contributed by atoms with Gasteiger partial charge in [-0.15, -0.1) is 0 Å². The van der Waals surface area contributed by atoms with Gasteiger partial charge >= 0.3 is 15.6 Å². The third kappa shape index (κ3) is 4.85. The number of benzene rings is 2. The number of carbonyl (C=O) groups is 1. The topological polar surface area (TPSA) is 155 Å². The monoisotopic (exact) mass is 599 g/mol. The highest BCUT2D eigenvalue weighted by molar-refractivity contribution is 8.13. The van der Waals surface area contributed by atoms with Gasteiger partial charge in [-0.2, -0.15) is 21.6 Å². The van der Waals surface area contributed by atoms with Crippen molar-refractivity contribution < 1.29 is 44.4 Å². The molecule has 0 radical (unpaired) electrons. The largest absolute Gasteiger partial charge is 0.534 e. The summed E-state index contributed by atoms with van der Waals surface area (Å²) in [5.74, 6) is -2.44. The Morgan fingerprint density at radius 2 is 1.95 bits per heavy atom. The van der Waals surface area contributed by atoms with Gasteiger partial charge in [0.2, 0.25) is 5.88 Å². The number of aromatic nitrogens is 2. The van der Waals surface area contributed by atoms with Gasteiger partial charge in [-0.25, -0.2) is 19.4 Å². The number of fused-ring (bicyclic) bond motifs is 4. The van der Waals surface area contributed by atoms with Crippen LogP contribution in [0.2, 0.25) is 0 Å². The third-order valence-electron chi connectivity index (χ3n) is 5.93. The second kappa shape index (κ2) is 9.81. The summed E-state index contributed by atoms with van der Waals surface area (Å²) in [6, 6.07) is 5.78. The van der Waals surface area contributed by atoms with Crippen LogP contribution in [0.5, 0.6) is 23.1 Å². The Bertz CT molecular complexity index is 1650. The average molecular weight is 600 g/mol. The summed E-state index contributed by atoms with van der Waals surface area (Å²) in [6.45, 7) is 0. The minimum atomic E-state index is -6.10. The zero-order chi connectivity index (χ0) is 28.9. The van der Waals surface area contributed by atoms with Gasteiger partial charge in [-0.1, -0.05) is 11.8 Å². The zero-order valence-electron chi connectivity index (χ0n) is 20.2. The van der Waals surface area contributed by atoms with Crippen LogP contribution in [0, 0.1) is 5.82 Å². The highest BCUT2D eigenvalue weighted by Gasteiger charge is 2.50. The lowest BCUT2D eigenvalue weighted by atomic mass is 9.78. The number of nitrogens with two attached hydrogens (primary N) is 1. The summed E-state index contributed by atoms with van der Waals surface area (Å²) >= 11 is 1.19. The number of hydrogen-bond acceptors (Lipinski definition) is 11. The lowest BCUT2D eigenvalue weighted by Gasteiger charge is -2.39. The van der Waals surface area contributed by atoms with Crippen molar-refractivity contribution in [2.75, 3.05) is 18.2 Å². The number of hydrogen-bond donors (Lipinski definition) is 2. The molecule has 0 bridgehead atoms. The Labute approximate surface area is 227 Å². The minimum absolute atomic E-state index is 0.0269. The maximum absolute atomic E-state index is 15.2. The molecule has 0 saturated carbocycles. The molecule has 5 rings (SSSR count). The summed E-state index contributed by atoms with van der Waals surface area (Å²) in [4.78, 5) is 25.2. The van der Waals surface area contributed by atoms with Gasteiger partial charge in [0.05, 0.1) is 19.5 Å². The first-order valence-corrected chi connectivity index (χ1v) is 13.5. The van der Waals surface area contributed by atoms with Gasteiger partial charge in [0.1, 0.15) is 22.7 Å². The normalized spacial score (nSPS) is 18.2. The van der Waals surface area contributed by atoms with E-state index in [1.54, 1.807) is 0 Å². The van der Waals surface area contributed by atoms with Gasteiger partial charge in [0.15, 0.2) is 16.7 Å². The van der Waals surface area contributed by atoms with E-state index >= 15 is 4.39 Å². The van der Waals surface area contributed by atoms with E-state index in [0.717, 1.165) is 6.07 Å². The van der Waals surface area contributed by atoms with Gasteiger partial charge in [-0.3, -0.25) is 4.79 Å². The minimum Gasteiger partial charge on any atom is -0.480 e. The highest BCUT2D eigenvalue weighted by Crippen LogP contribution is 2.55. The molecule has 2 aliphatic heterocycles. The van der Waals surface area contributed by atoms with E-state index in [1.807, 2.05) is 0 Å². The fraction of sp³-hybridized carbons (Fsp3) is 0.217. The van der Waals surface area contributed by atoms with Gasteiger partial charge in [0.25, 0.3) is 5.91 Å². The lowest BCUT2D eigenvalue weighted by Crippen LogP contribution is -2.36. The molecular formula is C23H17F4N5O6S2. The second-order valence-electron chi connectivity index (χ2n) is 8.38. The molecule has 3 N–H and O–H groups in total. The molecule has 11 nitrogen and oxygen atoms in total. The predicted octanol–water partition coefficient (Wildman–Crippen LogP) is 3.91. The Hall–Kier alpha value is -4.12. The fourth-order valence-electron chi connectivity index (χ4n) is 4.18. The maximum Gasteiger partial charge on any atom is 0.534 e. The van der Waals surface area contributed by atoms with Crippen LogP contribution in [0.1, 0.15) is 28.0 Å². The number of nitrogens with one attached hydrogen (secondary N) is 1. The van der Waals surface area contributed by atoms with Crippen LogP contribution in [0.15, 0.2) is 47.7 Å². The second-order valence-corrected chi connectivity index (χ2v) is 11.0. The van der Waals surface area contributed by atoms with E-state index in [0.29, 0.717) is 11.8 Å². The number of halogens is 4. The first-order chi connectivity index (χ1) is 18.8. The summed E-state index contributed by atoms with van der Waals surface area (Å²) in [6.07, 6.45) is 2.62. The Morgan fingerprint density at radius 3 is 2.60 bits per heavy atom. The molecule has 1 spiro atoms. The number of methoxy groups -OCH3 is 1. The van der Waals surface area contributed by atoms with E-state index in [1.165, 1.54) is 49.5 Å². The van der Waals surface area contributed by atoms with Gasteiger partial charge in [0, 0.05) is 28.6 Å². The van der Waals surface area contributed by atoms with Crippen LogP contribution < -0.4 is 24.7 Å². The molecule has 3 aromatic rings. The van der Waals surface area contributed by atoms with E-state index in [4.69, 9.17) is 15.2 Å². The lowest BCUT2D eigenvalue weighted by molar-refractivity contribution is -0.0500. The average Bonchev–Trinajstić information content (AvgIpc) is 2.89. The van der Waals surface area contributed by atoms with Gasteiger partial charge in [-0.05, 0) is 30.7 Å². The van der Waals surface area contributed by atoms with E-state index in [2.05, 4.69) is 24.5 Å². The number of nitrogens with zero attached hydrogens (tertiary/aromatic N) is 3. The smallest absolute Gasteiger partial charge is 0.480 e. The number of anilines is 1. The molecule has 2 aromatic carbocycles. The van der Waals surface area contributed by atoms with Crippen molar-refractivity contribution in [3.8, 4) is 23.1 Å². The van der Waals surface area contributed by atoms with Crippen LogP contribution in [0.4, 0.5) is 23.2 Å². The number of ether oxygens (including phenoxy) is 2. The van der Waals surface area contributed by atoms with Crippen LogP contribution >= 0.6 is 11.8 Å². The number of rotatable bonds is 5. The highest BCUT2D eigenvalue weighted by atomic mass is 32.2. The summed E-state index contributed by atoms with van der Waals surface area (Å²) in [5.41, 5.74) is -0.848. The molecule has 0 saturated heterocycles. The Kier molecular flexibility index (Phi) is 6.73.